The van der Waals surface area contributed by atoms with Crippen LogP contribution in [0.1, 0.15) is 72.3 Å². The highest BCUT2D eigenvalue weighted by molar-refractivity contribution is 5.93. The van der Waals surface area contributed by atoms with Crippen molar-refractivity contribution in [3.63, 3.8) is 0 Å². The minimum absolute atomic E-state index is 0.00216. The molecule has 2 bridgehead atoms. The molecular weight excluding hydrogens is 668 g/mol. The van der Waals surface area contributed by atoms with Gasteiger partial charge in [-0.2, -0.15) is 0 Å². The van der Waals surface area contributed by atoms with Gasteiger partial charge in [0.15, 0.2) is 0 Å². The number of phenols is 1. The van der Waals surface area contributed by atoms with Crippen LogP contribution in [0.15, 0.2) is 71.9 Å². The number of amides is 3. The van der Waals surface area contributed by atoms with E-state index in [4.69, 9.17) is 4.74 Å². The first-order valence-corrected chi connectivity index (χ1v) is 18.0. The SMILES string of the molecule is C/C(=C\CO)[C@@H]1C/C=C/C=C/C=C(\C)[C@H](O)C(CCC(C)O)C(=O)N[C@@H](C(C)C)C(=O)N[C@@H](Cc2cccc(O)c2)C(=O)N2CCC[C@H](N2)C(=O)O1. The maximum atomic E-state index is 14.2. The predicted octanol–water partition coefficient (Wildman–Crippen LogP) is 2.51. The third-order valence-electron chi connectivity index (χ3n) is 9.28. The number of cyclic esters (lactones) is 1. The highest BCUT2D eigenvalue weighted by Gasteiger charge is 2.37. The van der Waals surface area contributed by atoms with Crippen molar-refractivity contribution in [2.75, 3.05) is 13.2 Å². The summed E-state index contributed by atoms with van der Waals surface area (Å²) in [5, 5.41) is 47.9. The molecule has 1 fully saturated rings. The smallest absolute Gasteiger partial charge is 0.325 e. The number of esters is 1. The minimum atomic E-state index is -1.23. The lowest BCUT2D eigenvalue weighted by atomic mass is 9.89. The summed E-state index contributed by atoms with van der Waals surface area (Å²) in [4.78, 5) is 55.4. The van der Waals surface area contributed by atoms with Crippen LogP contribution < -0.4 is 16.1 Å². The fraction of sp³-hybridized carbons (Fsp3) is 0.538. The van der Waals surface area contributed by atoms with Crippen LogP contribution in [-0.2, 0) is 30.3 Å². The second-order valence-electron chi connectivity index (χ2n) is 14.0. The first-order chi connectivity index (χ1) is 24.7. The maximum absolute atomic E-state index is 14.2. The fourth-order valence-corrected chi connectivity index (χ4v) is 6.13. The molecule has 1 aromatic carbocycles. The minimum Gasteiger partial charge on any atom is -0.508 e. The van der Waals surface area contributed by atoms with Crippen LogP contribution in [0.3, 0.4) is 0 Å². The molecule has 7 N–H and O–H groups in total. The third kappa shape index (κ3) is 12.7. The highest BCUT2D eigenvalue weighted by Crippen LogP contribution is 2.22. The Hall–Kier alpha value is -4.30. The summed E-state index contributed by atoms with van der Waals surface area (Å²) >= 11 is 0. The van der Waals surface area contributed by atoms with Crippen LogP contribution in [0.4, 0.5) is 0 Å². The number of carbonyl (C=O) groups excluding carboxylic acids is 4. The van der Waals surface area contributed by atoms with Gasteiger partial charge in [0.2, 0.25) is 11.8 Å². The first kappa shape index (κ1) is 42.1. The van der Waals surface area contributed by atoms with E-state index in [1.54, 1.807) is 83.2 Å². The summed E-state index contributed by atoms with van der Waals surface area (Å²) in [6.07, 6.45) is 9.14. The van der Waals surface area contributed by atoms with Crippen molar-refractivity contribution in [2.24, 2.45) is 11.8 Å². The van der Waals surface area contributed by atoms with Crippen LogP contribution in [0.25, 0.3) is 0 Å². The Kier molecular flexibility index (Phi) is 16.7. The van der Waals surface area contributed by atoms with Gasteiger partial charge in [-0.15, -0.1) is 0 Å². The summed E-state index contributed by atoms with van der Waals surface area (Å²) in [5.41, 5.74) is 4.69. The quantitative estimate of drug-likeness (QED) is 0.155. The zero-order valence-corrected chi connectivity index (χ0v) is 30.8. The molecule has 1 aromatic rings. The molecule has 13 nitrogen and oxygen atoms in total. The molecule has 286 valence electrons. The molecule has 52 heavy (non-hydrogen) atoms. The molecule has 0 saturated carbocycles. The number of hydrazine groups is 1. The summed E-state index contributed by atoms with van der Waals surface area (Å²) in [7, 11) is 0. The Bertz CT molecular complexity index is 1500. The molecule has 0 radical (unpaired) electrons. The van der Waals surface area contributed by atoms with E-state index in [9.17, 15) is 39.6 Å². The molecule has 7 atom stereocenters. The number of nitrogens with one attached hydrogen (secondary N) is 3. The van der Waals surface area contributed by atoms with E-state index >= 15 is 0 Å². The lowest BCUT2D eigenvalue weighted by Crippen LogP contribution is -2.62. The fourth-order valence-electron chi connectivity index (χ4n) is 6.13. The standard InChI is InChI=1S/C39H56N4O9/c1-24(2)34-37(49)40-32(23-28-13-10-14-29(46)22-28)38(50)43-20-11-15-31(42-43)39(51)52-33(25(3)19-21-44)16-9-7-6-8-12-26(4)35(47)30(36(48)41-34)18-17-27(5)45/h6-10,12-14,19,22,24,27,30-35,42,44-47H,11,15-18,20-21,23H2,1-5H3,(H,40,49)(H,41,48)/b8-6+,9-7+,25-19+,26-12+/t27?,30?,31-,32-,33-,34-,35-/m0/s1. The monoisotopic (exact) mass is 724 g/mol. The predicted molar refractivity (Wildman–Crippen MR) is 196 cm³/mol. The van der Waals surface area contributed by atoms with E-state index < -0.39 is 72.0 Å². The van der Waals surface area contributed by atoms with Gasteiger partial charge >= 0.3 is 5.97 Å². The molecule has 2 heterocycles. The second-order valence-corrected chi connectivity index (χ2v) is 14.0. The number of hydrogen-bond donors (Lipinski definition) is 7. The Labute approximate surface area is 306 Å². The molecule has 0 aliphatic carbocycles. The van der Waals surface area contributed by atoms with Crippen molar-refractivity contribution in [1.82, 2.24) is 21.1 Å². The van der Waals surface area contributed by atoms with Crippen LogP contribution in [0.5, 0.6) is 5.75 Å². The zero-order chi connectivity index (χ0) is 38.4. The van der Waals surface area contributed by atoms with Crippen LogP contribution in [-0.4, -0.2) is 98.7 Å². The number of ether oxygens (including phenoxy) is 1. The molecule has 0 spiro atoms. The van der Waals surface area contributed by atoms with E-state index in [0.717, 1.165) is 0 Å². The van der Waals surface area contributed by atoms with Crippen molar-refractivity contribution in [3.05, 3.63) is 77.4 Å². The topological polar surface area (TPSA) is 198 Å². The van der Waals surface area contributed by atoms with Gasteiger partial charge in [-0.3, -0.25) is 24.2 Å². The van der Waals surface area contributed by atoms with E-state index in [2.05, 4.69) is 16.1 Å². The van der Waals surface area contributed by atoms with Crippen molar-refractivity contribution in [1.29, 1.82) is 0 Å². The van der Waals surface area contributed by atoms with Crippen LogP contribution in [0, 0.1) is 11.8 Å². The number of carbonyl (C=O) groups is 4. The van der Waals surface area contributed by atoms with Gasteiger partial charge in [0.25, 0.3) is 5.91 Å². The molecular formula is C39H56N4O9. The molecule has 2 unspecified atom stereocenters. The Morgan fingerprint density at radius 3 is 2.50 bits per heavy atom. The zero-order valence-electron chi connectivity index (χ0n) is 30.8. The van der Waals surface area contributed by atoms with Crippen molar-refractivity contribution in [2.45, 2.75) is 110 Å². The lowest BCUT2D eigenvalue weighted by molar-refractivity contribution is -0.156. The van der Waals surface area contributed by atoms with Gasteiger partial charge < -0.3 is 35.8 Å². The van der Waals surface area contributed by atoms with Gasteiger partial charge in [0.1, 0.15) is 30.0 Å². The number of aliphatic hydroxyl groups is 3. The molecule has 2 aliphatic heterocycles. The van der Waals surface area contributed by atoms with E-state index in [1.807, 2.05) is 0 Å². The third-order valence-corrected chi connectivity index (χ3v) is 9.28. The van der Waals surface area contributed by atoms with Crippen molar-refractivity contribution < 1.29 is 44.3 Å². The van der Waals surface area contributed by atoms with E-state index in [0.29, 0.717) is 36.0 Å². The summed E-state index contributed by atoms with van der Waals surface area (Å²) in [6.45, 7) is 8.54. The Morgan fingerprint density at radius 1 is 1.08 bits per heavy atom. The normalized spacial score (nSPS) is 29.1. The Balaban J connectivity index is 2.06. The highest BCUT2D eigenvalue weighted by atomic mass is 16.5. The second kappa shape index (κ2) is 20.7. The lowest BCUT2D eigenvalue weighted by Gasteiger charge is -2.36. The number of allylic oxidation sites excluding steroid dienone is 4. The van der Waals surface area contributed by atoms with Gasteiger partial charge in [-0.05, 0) is 81.2 Å². The van der Waals surface area contributed by atoms with E-state index in [-0.39, 0.29) is 38.2 Å². The number of rotatable bonds is 8. The number of aromatic hydroxyl groups is 1. The maximum Gasteiger partial charge on any atom is 0.325 e. The van der Waals surface area contributed by atoms with Gasteiger partial charge in [-0.1, -0.05) is 62.4 Å². The van der Waals surface area contributed by atoms with Crippen LogP contribution >= 0.6 is 0 Å². The van der Waals surface area contributed by atoms with Crippen molar-refractivity contribution in [3.8, 4) is 5.75 Å². The average molecular weight is 725 g/mol. The van der Waals surface area contributed by atoms with Crippen LogP contribution in [0.2, 0.25) is 0 Å². The molecule has 3 rings (SSSR count). The number of fused-ring (bicyclic) bond motifs is 2. The number of hydrogen-bond acceptors (Lipinski definition) is 10. The summed E-state index contributed by atoms with van der Waals surface area (Å²) in [5.74, 6) is -3.73. The molecule has 1 saturated heterocycles. The Morgan fingerprint density at radius 2 is 1.83 bits per heavy atom. The number of aliphatic hydroxyl groups excluding tert-OH is 3. The number of benzene rings is 1. The largest absolute Gasteiger partial charge is 0.508 e. The molecule has 2 aliphatic rings. The molecule has 13 heteroatoms. The van der Waals surface area contributed by atoms with Gasteiger partial charge in [0, 0.05) is 19.4 Å². The van der Waals surface area contributed by atoms with Crippen molar-refractivity contribution >= 4 is 23.7 Å². The number of nitrogens with zero attached hydrogens (tertiary/aromatic N) is 1. The average Bonchev–Trinajstić information content (AvgIpc) is 3.10. The summed E-state index contributed by atoms with van der Waals surface area (Å²) in [6, 6.07) is 3.20. The van der Waals surface area contributed by atoms with Gasteiger partial charge in [-0.25, -0.2) is 5.43 Å². The number of phenolic OH excluding ortho intramolecular Hbond substituents is 1. The first-order valence-electron chi connectivity index (χ1n) is 18.0. The molecule has 3 amide bonds. The van der Waals surface area contributed by atoms with E-state index in [1.165, 1.54) is 17.1 Å². The summed E-state index contributed by atoms with van der Waals surface area (Å²) < 4.78 is 5.89. The molecule has 0 aromatic heterocycles. The van der Waals surface area contributed by atoms with Gasteiger partial charge in [0.05, 0.1) is 24.7 Å².